The van der Waals surface area contributed by atoms with E-state index >= 15 is 0 Å². The van der Waals surface area contributed by atoms with Gasteiger partial charge in [-0.05, 0) is 183 Å². The Kier molecular flexibility index (Phi) is 11.0. The van der Waals surface area contributed by atoms with E-state index in [-0.39, 0.29) is 10.8 Å². The molecule has 0 aliphatic heterocycles. The molecule has 0 fully saturated rings. The van der Waals surface area contributed by atoms with E-state index in [9.17, 15) is 0 Å². The molecule has 0 aromatic heterocycles. The maximum Gasteiger partial charge on any atom is 0.0468 e. The van der Waals surface area contributed by atoms with E-state index in [1.165, 1.54) is 87.2 Å². The van der Waals surface area contributed by atoms with Crippen LogP contribution in [0.15, 0.2) is 243 Å². The molecule has 0 N–H and O–H groups in total. The van der Waals surface area contributed by atoms with E-state index in [1.54, 1.807) is 0 Å². The van der Waals surface area contributed by atoms with E-state index in [2.05, 4.69) is 294 Å². The fourth-order valence-corrected chi connectivity index (χ4v) is 10.8. The number of hydrogen-bond acceptors (Lipinski definition) is 2. The van der Waals surface area contributed by atoms with Crippen LogP contribution in [0.25, 0.3) is 76.1 Å². The molecular weight excluding hydrogens is 869 g/mol. The van der Waals surface area contributed by atoms with Gasteiger partial charge in [-0.3, -0.25) is 0 Å². The minimum absolute atomic E-state index is 0.0551. The van der Waals surface area contributed by atoms with Crippen molar-refractivity contribution >= 4 is 88.0 Å². The number of anilines is 6. The standard InChI is InChI=1S/C70H58N2/c1-69(2,3)53-30-38-56(39-31-53)71(59-36-26-47-16-7-9-18-50(47)42-59)55-34-28-49(29-35-55)65-45-67-64-25-14-12-23-62(64)66(46-68(67)63-24-13-11-22-61(63)65)52-20-15-21-58(44-52)72(57-40-32-54(33-41-57)70(4,5)6)60-37-27-48-17-8-10-19-51(48)43-60/h7-46H,1-6H3. The van der Waals surface area contributed by atoms with Gasteiger partial charge >= 0.3 is 0 Å². The molecule has 0 aliphatic rings. The zero-order valence-corrected chi connectivity index (χ0v) is 42.0. The summed E-state index contributed by atoms with van der Waals surface area (Å²) in [5, 5.41) is 12.3. The molecule has 0 aliphatic carbocycles. The second-order valence-corrected chi connectivity index (χ2v) is 21.5. The van der Waals surface area contributed by atoms with Crippen LogP contribution < -0.4 is 9.80 Å². The maximum atomic E-state index is 2.44. The molecule has 12 aromatic rings. The SMILES string of the molecule is CC(C)(C)c1ccc(N(c2ccc(-c3cc4c5ccccc5c(-c5cccc(N(c6ccc(C(C)(C)C)cc6)c6ccc7ccccc7c6)c5)cc4c4ccccc34)cc2)c2ccc3ccccc3c2)cc1. The number of benzene rings is 12. The van der Waals surface area contributed by atoms with Crippen molar-refractivity contribution in [3.63, 3.8) is 0 Å². The molecule has 0 bridgehead atoms. The Balaban J connectivity index is 0.976. The van der Waals surface area contributed by atoms with Crippen LogP contribution in [0.2, 0.25) is 0 Å². The average molecular weight is 927 g/mol. The van der Waals surface area contributed by atoms with E-state index in [4.69, 9.17) is 0 Å². The van der Waals surface area contributed by atoms with Gasteiger partial charge < -0.3 is 9.80 Å². The zero-order chi connectivity index (χ0) is 49.1. The van der Waals surface area contributed by atoms with Crippen molar-refractivity contribution in [2.45, 2.75) is 52.4 Å². The van der Waals surface area contributed by atoms with E-state index in [0.29, 0.717) is 0 Å². The van der Waals surface area contributed by atoms with Gasteiger partial charge in [0.25, 0.3) is 0 Å². The normalized spacial score (nSPS) is 12.0. The predicted molar refractivity (Wildman–Crippen MR) is 312 cm³/mol. The first-order valence-corrected chi connectivity index (χ1v) is 25.3. The largest absolute Gasteiger partial charge is 0.310 e. The summed E-state index contributed by atoms with van der Waals surface area (Å²) in [6, 6.07) is 90.1. The molecule has 0 unspecified atom stereocenters. The lowest BCUT2D eigenvalue weighted by atomic mass is 9.87. The summed E-state index contributed by atoms with van der Waals surface area (Å²) in [4.78, 5) is 4.79. The molecule has 348 valence electrons. The van der Waals surface area contributed by atoms with Gasteiger partial charge in [-0.15, -0.1) is 0 Å². The van der Waals surface area contributed by atoms with Crippen molar-refractivity contribution in [3.8, 4) is 22.3 Å². The van der Waals surface area contributed by atoms with E-state index in [0.717, 1.165) is 34.1 Å². The second kappa shape index (κ2) is 17.7. The highest BCUT2D eigenvalue weighted by Gasteiger charge is 2.21. The molecular formula is C70H58N2. The quantitative estimate of drug-likeness (QED) is 0.140. The smallest absolute Gasteiger partial charge is 0.0468 e. The van der Waals surface area contributed by atoms with Gasteiger partial charge in [0.1, 0.15) is 0 Å². The van der Waals surface area contributed by atoms with Crippen LogP contribution >= 0.6 is 0 Å². The Bertz CT molecular complexity index is 3980. The third-order valence-corrected chi connectivity index (χ3v) is 14.7. The lowest BCUT2D eigenvalue weighted by Crippen LogP contribution is -2.13. The van der Waals surface area contributed by atoms with Crippen LogP contribution in [0, 0.1) is 0 Å². The van der Waals surface area contributed by atoms with Gasteiger partial charge in [-0.1, -0.05) is 199 Å². The van der Waals surface area contributed by atoms with Gasteiger partial charge in [0.15, 0.2) is 0 Å². The second-order valence-electron chi connectivity index (χ2n) is 21.5. The molecule has 0 radical (unpaired) electrons. The first kappa shape index (κ1) is 44.7. The fraction of sp³-hybridized carbons (Fsp3) is 0.114. The molecule has 0 spiro atoms. The van der Waals surface area contributed by atoms with Crippen LogP contribution in [0.1, 0.15) is 52.7 Å². The third kappa shape index (κ3) is 8.23. The summed E-state index contributed by atoms with van der Waals surface area (Å²) in [6.45, 7) is 13.6. The molecule has 0 amide bonds. The predicted octanol–water partition coefficient (Wildman–Crippen LogP) is 20.3. The number of hydrogen-bond donors (Lipinski definition) is 0. The Morgan fingerprint density at radius 1 is 0.236 bits per heavy atom. The topological polar surface area (TPSA) is 6.48 Å². The first-order chi connectivity index (χ1) is 34.9. The Morgan fingerprint density at radius 2 is 0.597 bits per heavy atom. The van der Waals surface area contributed by atoms with Crippen LogP contribution in [-0.4, -0.2) is 0 Å². The molecule has 0 saturated carbocycles. The van der Waals surface area contributed by atoms with Crippen molar-refractivity contribution in [3.05, 3.63) is 254 Å². The number of rotatable bonds is 8. The highest BCUT2D eigenvalue weighted by Crippen LogP contribution is 2.45. The summed E-state index contributed by atoms with van der Waals surface area (Å²) in [5.74, 6) is 0. The van der Waals surface area contributed by atoms with Gasteiger partial charge in [0.05, 0.1) is 0 Å². The van der Waals surface area contributed by atoms with Crippen molar-refractivity contribution < 1.29 is 0 Å². The lowest BCUT2D eigenvalue weighted by molar-refractivity contribution is 0.590. The van der Waals surface area contributed by atoms with E-state index in [1.807, 2.05) is 0 Å². The third-order valence-electron chi connectivity index (χ3n) is 14.7. The van der Waals surface area contributed by atoms with Crippen LogP contribution in [0.3, 0.4) is 0 Å². The summed E-state index contributed by atoms with van der Waals surface area (Å²) >= 11 is 0. The average Bonchev–Trinajstić information content (AvgIpc) is 3.40. The van der Waals surface area contributed by atoms with Gasteiger partial charge in [0.2, 0.25) is 0 Å². The van der Waals surface area contributed by atoms with Gasteiger partial charge in [-0.25, -0.2) is 0 Å². The van der Waals surface area contributed by atoms with Gasteiger partial charge in [-0.2, -0.15) is 0 Å². The molecule has 0 saturated heterocycles. The summed E-state index contributed by atoms with van der Waals surface area (Å²) in [7, 11) is 0. The Hall–Kier alpha value is -8.46. The molecule has 72 heavy (non-hydrogen) atoms. The molecule has 2 nitrogen and oxygen atoms in total. The molecule has 12 aromatic carbocycles. The minimum Gasteiger partial charge on any atom is -0.310 e. The van der Waals surface area contributed by atoms with Crippen molar-refractivity contribution in [1.82, 2.24) is 0 Å². The molecule has 0 atom stereocenters. The van der Waals surface area contributed by atoms with Crippen molar-refractivity contribution in [1.29, 1.82) is 0 Å². The fourth-order valence-electron chi connectivity index (χ4n) is 10.8. The number of nitrogens with zero attached hydrogens (tertiary/aromatic N) is 2. The van der Waals surface area contributed by atoms with E-state index < -0.39 is 0 Å². The lowest BCUT2D eigenvalue weighted by Gasteiger charge is -2.28. The monoisotopic (exact) mass is 926 g/mol. The summed E-state index contributed by atoms with van der Waals surface area (Å²) in [6.07, 6.45) is 0. The number of fused-ring (bicyclic) bond motifs is 7. The summed E-state index contributed by atoms with van der Waals surface area (Å²) in [5.41, 5.74) is 14.3. The molecule has 0 heterocycles. The maximum absolute atomic E-state index is 2.44. The van der Waals surface area contributed by atoms with Gasteiger partial charge in [0, 0.05) is 34.1 Å². The van der Waals surface area contributed by atoms with Crippen LogP contribution in [0.4, 0.5) is 34.1 Å². The highest BCUT2D eigenvalue weighted by atomic mass is 15.1. The van der Waals surface area contributed by atoms with Crippen molar-refractivity contribution in [2.75, 3.05) is 9.80 Å². The molecule has 2 heteroatoms. The van der Waals surface area contributed by atoms with Crippen LogP contribution in [-0.2, 0) is 10.8 Å². The minimum atomic E-state index is 0.0551. The van der Waals surface area contributed by atoms with Crippen molar-refractivity contribution in [2.24, 2.45) is 0 Å². The summed E-state index contributed by atoms with van der Waals surface area (Å²) < 4.78 is 0. The first-order valence-electron chi connectivity index (χ1n) is 25.3. The zero-order valence-electron chi connectivity index (χ0n) is 42.0. The Morgan fingerprint density at radius 3 is 1.06 bits per heavy atom. The Labute approximate surface area is 424 Å². The van der Waals surface area contributed by atoms with Crippen LogP contribution in [0.5, 0.6) is 0 Å². The highest BCUT2D eigenvalue weighted by molar-refractivity contribution is 6.24. The molecule has 12 rings (SSSR count).